The van der Waals surface area contributed by atoms with Crippen LogP contribution in [-0.2, 0) is 6.61 Å². The molecule has 0 aliphatic rings. The van der Waals surface area contributed by atoms with Crippen molar-refractivity contribution in [2.45, 2.75) is 13.5 Å². The fourth-order valence-electron chi connectivity index (χ4n) is 3.03. The van der Waals surface area contributed by atoms with Crippen LogP contribution in [0.25, 0.3) is 22.7 Å². The molecule has 0 aliphatic heterocycles. The second-order valence-corrected chi connectivity index (χ2v) is 7.71. The Labute approximate surface area is 184 Å². The van der Waals surface area contributed by atoms with Gasteiger partial charge in [-0.3, -0.25) is 0 Å². The maximum atomic E-state index is 9.61. The Hall–Kier alpha value is -3.26. The van der Waals surface area contributed by atoms with Crippen molar-refractivity contribution in [3.8, 4) is 11.8 Å². The van der Waals surface area contributed by atoms with Crippen LogP contribution in [0.5, 0.6) is 5.75 Å². The molecule has 6 heteroatoms. The minimum atomic E-state index is 0.340. The molecule has 1 N–H and O–H groups in total. The summed E-state index contributed by atoms with van der Waals surface area (Å²) in [5.41, 5.74) is 5.08. The third-order valence-electron chi connectivity index (χ3n) is 4.61. The van der Waals surface area contributed by atoms with Crippen LogP contribution in [-0.4, -0.2) is 9.97 Å². The van der Waals surface area contributed by atoms with Gasteiger partial charge in [0.2, 0.25) is 0 Å². The lowest BCUT2D eigenvalue weighted by atomic mass is 10.1. The van der Waals surface area contributed by atoms with E-state index in [1.807, 2.05) is 55.5 Å². The molecule has 0 atom stereocenters. The molecule has 0 bridgehead atoms. The zero-order valence-electron chi connectivity index (χ0n) is 16.1. The van der Waals surface area contributed by atoms with Gasteiger partial charge in [-0.15, -0.1) is 0 Å². The third-order valence-corrected chi connectivity index (χ3v) is 5.20. The molecule has 0 spiro atoms. The Kier molecular flexibility index (Phi) is 5.76. The van der Waals surface area contributed by atoms with Crippen molar-refractivity contribution in [2.75, 3.05) is 0 Å². The van der Waals surface area contributed by atoms with E-state index >= 15 is 0 Å². The highest BCUT2D eigenvalue weighted by molar-refractivity contribution is 6.35. The van der Waals surface area contributed by atoms with Crippen molar-refractivity contribution >= 4 is 45.9 Å². The Bertz CT molecular complexity index is 1280. The predicted octanol–water partition coefficient (Wildman–Crippen LogP) is 6.82. The Morgan fingerprint density at radius 3 is 2.63 bits per heavy atom. The molecule has 4 aromatic rings. The molecule has 1 aromatic heterocycles. The van der Waals surface area contributed by atoms with Gasteiger partial charge < -0.3 is 9.72 Å². The number of aromatic nitrogens is 2. The lowest BCUT2D eigenvalue weighted by Crippen LogP contribution is -1.96. The minimum Gasteiger partial charge on any atom is -0.489 e. The molecule has 0 fully saturated rings. The summed E-state index contributed by atoms with van der Waals surface area (Å²) in [6.45, 7) is 2.36. The monoisotopic (exact) mass is 433 g/mol. The summed E-state index contributed by atoms with van der Waals surface area (Å²) in [6, 6.07) is 21.0. The Balaban J connectivity index is 1.50. The van der Waals surface area contributed by atoms with Gasteiger partial charge in [-0.25, -0.2) is 4.98 Å². The fourth-order valence-corrected chi connectivity index (χ4v) is 3.49. The summed E-state index contributed by atoms with van der Waals surface area (Å²) in [6.07, 6.45) is 1.80. The van der Waals surface area contributed by atoms with Gasteiger partial charge in [0.1, 0.15) is 24.3 Å². The van der Waals surface area contributed by atoms with E-state index in [9.17, 15) is 5.26 Å². The number of allylic oxidation sites excluding steroid dienone is 1. The van der Waals surface area contributed by atoms with Crippen molar-refractivity contribution in [3.63, 3.8) is 0 Å². The van der Waals surface area contributed by atoms with Gasteiger partial charge in [-0.2, -0.15) is 5.26 Å². The second kappa shape index (κ2) is 8.62. The number of benzene rings is 3. The fraction of sp³-hybridized carbons (Fsp3) is 0.0833. The molecule has 30 heavy (non-hydrogen) atoms. The molecule has 3 aromatic carbocycles. The molecule has 148 valence electrons. The summed E-state index contributed by atoms with van der Waals surface area (Å²) in [7, 11) is 0. The van der Waals surface area contributed by atoms with Gasteiger partial charge in [0.15, 0.2) is 0 Å². The first-order valence-electron chi connectivity index (χ1n) is 9.27. The van der Waals surface area contributed by atoms with Crippen LogP contribution in [0.2, 0.25) is 10.0 Å². The van der Waals surface area contributed by atoms with Crippen LogP contribution in [0.1, 0.15) is 22.5 Å². The maximum Gasteiger partial charge on any atom is 0.149 e. The van der Waals surface area contributed by atoms with Crippen LogP contribution in [0, 0.1) is 18.3 Å². The summed E-state index contributed by atoms with van der Waals surface area (Å²) in [4.78, 5) is 7.74. The van der Waals surface area contributed by atoms with Gasteiger partial charge in [0.25, 0.3) is 0 Å². The molecule has 0 amide bonds. The molecule has 0 saturated heterocycles. The number of aryl methyl sites for hydroxylation is 1. The van der Waals surface area contributed by atoms with Gasteiger partial charge in [0.05, 0.1) is 16.6 Å². The number of imidazole rings is 1. The molecule has 0 saturated carbocycles. The number of nitriles is 1. The zero-order chi connectivity index (χ0) is 21.1. The van der Waals surface area contributed by atoms with Crippen LogP contribution in [0.4, 0.5) is 0 Å². The predicted molar refractivity (Wildman–Crippen MR) is 122 cm³/mol. The molecule has 1 heterocycles. The van der Waals surface area contributed by atoms with Crippen molar-refractivity contribution in [2.24, 2.45) is 0 Å². The van der Waals surface area contributed by atoms with Gasteiger partial charge in [0, 0.05) is 15.6 Å². The van der Waals surface area contributed by atoms with Gasteiger partial charge >= 0.3 is 0 Å². The van der Waals surface area contributed by atoms with Crippen LogP contribution >= 0.6 is 23.2 Å². The highest BCUT2D eigenvalue weighted by atomic mass is 35.5. The maximum absolute atomic E-state index is 9.61. The molecule has 0 radical (unpaired) electrons. The molecular weight excluding hydrogens is 417 g/mol. The number of hydrogen-bond acceptors (Lipinski definition) is 3. The topological polar surface area (TPSA) is 61.7 Å². The van der Waals surface area contributed by atoms with Crippen molar-refractivity contribution < 1.29 is 4.74 Å². The van der Waals surface area contributed by atoms with Crippen molar-refractivity contribution in [3.05, 3.63) is 93.2 Å². The summed E-state index contributed by atoms with van der Waals surface area (Å²) < 4.78 is 5.80. The average Bonchev–Trinajstić information content (AvgIpc) is 3.15. The highest BCUT2D eigenvalue weighted by Gasteiger charge is 2.08. The quantitative estimate of drug-likeness (QED) is 0.351. The number of aromatic amines is 1. The number of nitrogens with one attached hydrogen (secondary N) is 1. The second-order valence-electron chi connectivity index (χ2n) is 6.87. The third kappa shape index (κ3) is 4.49. The summed E-state index contributed by atoms with van der Waals surface area (Å²) in [5.74, 6) is 1.26. The number of halogens is 2. The highest BCUT2D eigenvalue weighted by Crippen LogP contribution is 2.24. The minimum absolute atomic E-state index is 0.340. The Morgan fingerprint density at radius 1 is 1.10 bits per heavy atom. The van der Waals surface area contributed by atoms with Gasteiger partial charge in [-0.05, 0) is 60.5 Å². The summed E-state index contributed by atoms with van der Waals surface area (Å²) in [5, 5.41) is 10.8. The van der Waals surface area contributed by atoms with E-state index in [1.54, 1.807) is 18.2 Å². The molecule has 4 nitrogen and oxygen atoms in total. The first-order valence-corrected chi connectivity index (χ1v) is 10.0. The van der Waals surface area contributed by atoms with Gasteiger partial charge in [-0.1, -0.05) is 47.5 Å². The van der Waals surface area contributed by atoms with Crippen molar-refractivity contribution in [1.82, 2.24) is 9.97 Å². The number of rotatable bonds is 5. The van der Waals surface area contributed by atoms with E-state index in [0.29, 0.717) is 33.8 Å². The molecular formula is C24H17Cl2N3O. The molecule has 0 unspecified atom stereocenters. The first kappa shape index (κ1) is 20.0. The van der Waals surface area contributed by atoms with E-state index < -0.39 is 0 Å². The number of nitrogens with zero attached hydrogens (tertiary/aromatic N) is 2. The zero-order valence-corrected chi connectivity index (χ0v) is 17.6. The Morgan fingerprint density at radius 2 is 1.90 bits per heavy atom. The van der Waals surface area contributed by atoms with E-state index in [4.69, 9.17) is 27.9 Å². The molecule has 4 rings (SSSR count). The van der Waals surface area contributed by atoms with E-state index in [-0.39, 0.29) is 0 Å². The summed E-state index contributed by atoms with van der Waals surface area (Å²) >= 11 is 12.1. The molecule has 0 aliphatic carbocycles. The number of fused-ring (bicyclic) bond motifs is 1. The largest absolute Gasteiger partial charge is 0.489 e. The van der Waals surface area contributed by atoms with Crippen molar-refractivity contribution in [1.29, 1.82) is 5.26 Å². The average molecular weight is 434 g/mol. The van der Waals surface area contributed by atoms with Crippen LogP contribution < -0.4 is 4.74 Å². The number of H-pyrrole nitrogens is 1. The lowest BCUT2D eigenvalue weighted by Gasteiger charge is -2.08. The van der Waals surface area contributed by atoms with E-state index in [1.165, 1.54) is 0 Å². The van der Waals surface area contributed by atoms with Crippen LogP contribution in [0.3, 0.4) is 0 Å². The smallest absolute Gasteiger partial charge is 0.149 e. The SMILES string of the molecule is Cc1ccc2nc(/C(C#N)=C\c3ccc(OCc4ccc(Cl)cc4Cl)cc3)[nH]c2c1. The number of hydrogen-bond donors (Lipinski definition) is 1. The number of ether oxygens (including phenoxy) is 1. The van der Waals surface area contributed by atoms with E-state index in [0.717, 1.165) is 27.7 Å². The standard InChI is InChI=1S/C24H17Cl2N3O/c1-15-2-9-22-23(10-15)29-24(28-22)18(13-27)11-16-3-7-20(8-4-16)30-14-17-5-6-19(25)12-21(17)26/h2-12H,14H2,1H3,(H,28,29)/b18-11-. The lowest BCUT2D eigenvalue weighted by molar-refractivity contribution is 0.306. The normalized spacial score (nSPS) is 11.5. The first-order chi connectivity index (χ1) is 14.5. The van der Waals surface area contributed by atoms with Crippen LogP contribution in [0.15, 0.2) is 60.7 Å². The van der Waals surface area contributed by atoms with E-state index in [2.05, 4.69) is 16.0 Å².